The third-order valence-corrected chi connectivity index (χ3v) is 4.04. The first-order valence-electron chi connectivity index (χ1n) is 6.50. The number of halogens is 1. The largest absolute Gasteiger partial charge is 0.444 e. The van der Waals surface area contributed by atoms with E-state index < -0.39 is 5.60 Å². The SMILES string of the molecule is CCOC1(CBr)CCN(C(=O)OC(C)(C)C)CC1. The van der Waals surface area contributed by atoms with Crippen molar-refractivity contribution in [2.75, 3.05) is 25.0 Å². The van der Waals surface area contributed by atoms with E-state index in [2.05, 4.69) is 15.9 Å². The molecule has 0 atom stereocenters. The van der Waals surface area contributed by atoms with Crippen LogP contribution in [0.4, 0.5) is 4.79 Å². The molecule has 1 saturated heterocycles. The van der Waals surface area contributed by atoms with Crippen molar-refractivity contribution < 1.29 is 14.3 Å². The summed E-state index contributed by atoms with van der Waals surface area (Å²) in [6.07, 6.45) is 1.48. The van der Waals surface area contributed by atoms with Crippen molar-refractivity contribution >= 4 is 22.0 Å². The van der Waals surface area contributed by atoms with Crippen LogP contribution in [0.2, 0.25) is 0 Å². The van der Waals surface area contributed by atoms with E-state index in [1.165, 1.54) is 0 Å². The fraction of sp³-hybridized carbons (Fsp3) is 0.923. The van der Waals surface area contributed by atoms with Gasteiger partial charge in [-0.25, -0.2) is 4.79 Å². The zero-order valence-electron chi connectivity index (χ0n) is 11.8. The lowest BCUT2D eigenvalue weighted by Gasteiger charge is -2.40. The molecule has 106 valence electrons. The lowest BCUT2D eigenvalue weighted by Crippen LogP contribution is -2.50. The predicted octanol–water partition coefficient (Wildman–Crippen LogP) is 3.19. The van der Waals surface area contributed by atoms with Crippen LogP contribution in [0.3, 0.4) is 0 Å². The molecule has 1 aliphatic rings. The van der Waals surface area contributed by atoms with Crippen molar-refractivity contribution in [2.45, 2.75) is 51.7 Å². The second-order valence-electron chi connectivity index (χ2n) is 5.72. The highest BCUT2D eigenvalue weighted by Crippen LogP contribution is 2.29. The zero-order valence-corrected chi connectivity index (χ0v) is 13.4. The van der Waals surface area contributed by atoms with Crippen molar-refractivity contribution in [3.8, 4) is 0 Å². The van der Waals surface area contributed by atoms with Gasteiger partial charge in [0.2, 0.25) is 0 Å². The molecule has 1 rings (SSSR count). The van der Waals surface area contributed by atoms with Crippen LogP contribution >= 0.6 is 15.9 Å². The van der Waals surface area contributed by atoms with E-state index in [9.17, 15) is 4.79 Å². The topological polar surface area (TPSA) is 38.8 Å². The van der Waals surface area contributed by atoms with Gasteiger partial charge in [-0.1, -0.05) is 15.9 Å². The maximum Gasteiger partial charge on any atom is 0.410 e. The summed E-state index contributed by atoms with van der Waals surface area (Å²) < 4.78 is 11.2. The van der Waals surface area contributed by atoms with Gasteiger partial charge >= 0.3 is 6.09 Å². The third-order valence-electron chi connectivity index (χ3n) is 3.02. The van der Waals surface area contributed by atoms with E-state index in [1.807, 2.05) is 27.7 Å². The van der Waals surface area contributed by atoms with E-state index in [1.54, 1.807) is 4.90 Å². The summed E-state index contributed by atoms with van der Waals surface area (Å²) in [6.45, 7) is 9.76. The molecule has 0 spiro atoms. The fourth-order valence-electron chi connectivity index (χ4n) is 2.05. The Morgan fingerprint density at radius 1 is 1.33 bits per heavy atom. The highest BCUT2D eigenvalue weighted by atomic mass is 79.9. The van der Waals surface area contributed by atoms with Gasteiger partial charge in [-0.3, -0.25) is 0 Å². The lowest BCUT2D eigenvalue weighted by atomic mass is 9.93. The number of carbonyl (C=O) groups excluding carboxylic acids is 1. The number of carbonyl (C=O) groups is 1. The van der Waals surface area contributed by atoms with Gasteiger partial charge in [0.15, 0.2) is 0 Å². The Morgan fingerprint density at radius 3 is 2.28 bits per heavy atom. The van der Waals surface area contributed by atoms with Crippen LogP contribution in [0.1, 0.15) is 40.5 Å². The fourth-order valence-corrected chi connectivity index (χ4v) is 2.77. The summed E-state index contributed by atoms with van der Waals surface area (Å²) in [5.74, 6) is 0. The molecule has 0 unspecified atom stereocenters. The molecule has 18 heavy (non-hydrogen) atoms. The van der Waals surface area contributed by atoms with Gasteiger partial charge in [-0.15, -0.1) is 0 Å². The van der Waals surface area contributed by atoms with Crippen LogP contribution in [0.15, 0.2) is 0 Å². The second-order valence-corrected chi connectivity index (χ2v) is 6.28. The Labute approximate surface area is 118 Å². The van der Waals surface area contributed by atoms with Crippen molar-refractivity contribution in [3.63, 3.8) is 0 Å². The molecule has 1 aliphatic heterocycles. The monoisotopic (exact) mass is 321 g/mol. The maximum absolute atomic E-state index is 11.9. The van der Waals surface area contributed by atoms with E-state index in [4.69, 9.17) is 9.47 Å². The van der Waals surface area contributed by atoms with Crippen LogP contribution in [-0.2, 0) is 9.47 Å². The molecule has 1 amide bonds. The van der Waals surface area contributed by atoms with Gasteiger partial charge in [0, 0.05) is 25.0 Å². The number of alkyl halides is 1. The molecule has 0 aromatic carbocycles. The first-order chi connectivity index (χ1) is 8.32. The molecule has 0 saturated carbocycles. The molecule has 1 fully saturated rings. The molecule has 0 aromatic rings. The molecule has 0 radical (unpaired) electrons. The van der Waals surface area contributed by atoms with Crippen LogP contribution in [0.5, 0.6) is 0 Å². The molecular weight excluding hydrogens is 298 g/mol. The van der Waals surface area contributed by atoms with E-state index >= 15 is 0 Å². The van der Waals surface area contributed by atoms with Crippen molar-refractivity contribution in [1.82, 2.24) is 4.90 Å². The van der Waals surface area contributed by atoms with E-state index in [-0.39, 0.29) is 11.7 Å². The van der Waals surface area contributed by atoms with Crippen molar-refractivity contribution in [3.05, 3.63) is 0 Å². The molecule has 0 aliphatic carbocycles. The minimum absolute atomic E-state index is 0.118. The minimum Gasteiger partial charge on any atom is -0.444 e. The maximum atomic E-state index is 11.9. The molecule has 0 aromatic heterocycles. The van der Waals surface area contributed by atoms with Gasteiger partial charge in [0.05, 0.1) is 5.60 Å². The first kappa shape index (κ1) is 15.8. The number of rotatable bonds is 3. The zero-order chi connectivity index (χ0) is 13.8. The number of nitrogens with zero attached hydrogens (tertiary/aromatic N) is 1. The van der Waals surface area contributed by atoms with Crippen LogP contribution in [0, 0.1) is 0 Å². The quantitative estimate of drug-likeness (QED) is 0.749. The summed E-state index contributed by atoms with van der Waals surface area (Å²) in [5, 5.41) is 0.815. The van der Waals surface area contributed by atoms with Gasteiger partial charge in [-0.05, 0) is 40.5 Å². The average molecular weight is 322 g/mol. The summed E-state index contributed by atoms with van der Waals surface area (Å²) in [7, 11) is 0. The Kier molecular flexibility index (Phi) is 5.46. The Balaban J connectivity index is 2.50. The third kappa shape index (κ3) is 4.43. The van der Waals surface area contributed by atoms with Gasteiger partial charge in [0.1, 0.15) is 5.60 Å². The van der Waals surface area contributed by atoms with Gasteiger partial charge in [0.25, 0.3) is 0 Å². The predicted molar refractivity (Wildman–Crippen MR) is 75.2 cm³/mol. The van der Waals surface area contributed by atoms with Crippen LogP contribution < -0.4 is 0 Å². The molecule has 0 bridgehead atoms. The van der Waals surface area contributed by atoms with Crippen LogP contribution in [0.25, 0.3) is 0 Å². The Morgan fingerprint density at radius 2 is 1.89 bits per heavy atom. The number of piperidine rings is 1. The van der Waals surface area contributed by atoms with E-state index in [0.29, 0.717) is 19.7 Å². The molecule has 0 N–H and O–H groups in total. The number of amides is 1. The van der Waals surface area contributed by atoms with E-state index in [0.717, 1.165) is 18.2 Å². The molecule has 4 nitrogen and oxygen atoms in total. The Hall–Kier alpha value is -0.290. The standard InChI is InChI=1S/C13H24BrNO3/c1-5-17-13(10-14)6-8-15(9-7-13)11(16)18-12(2,3)4/h5-10H2,1-4H3. The summed E-state index contributed by atoms with van der Waals surface area (Å²) in [5.41, 5.74) is -0.547. The normalized spacial score (nSPS) is 19.7. The summed E-state index contributed by atoms with van der Waals surface area (Å²) in [4.78, 5) is 13.7. The average Bonchev–Trinajstić information content (AvgIpc) is 2.28. The van der Waals surface area contributed by atoms with Crippen molar-refractivity contribution in [2.24, 2.45) is 0 Å². The minimum atomic E-state index is -0.430. The summed E-state index contributed by atoms with van der Waals surface area (Å²) >= 11 is 3.52. The molecule has 1 heterocycles. The Bertz CT molecular complexity index is 280. The smallest absolute Gasteiger partial charge is 0.410 e. The highest BCUT2D eigenvalue weighted by molar-refractivity contribution is 9.09. The van der Waals surface area contributed by atoms with Gasteiger partial charge < -0.3 is 14.4 Å². The second kappa shape index (κ2) is 6.24. The van der Waals surface area contributed by atoms with Crippen LogP contribution in [-0.4, -0.2) is 47.2 Å². The first-order valence-corrected chi connectivity index (χ1v) is 7.62. The number of hydrogen-bond donors (Lipinski definition) is 0. The van der Waals surface area contributed by atoms with Crippen molar-refractivity contribution in [1.29, 1.82) is 0 Å². The molecule has 5 heteroatoms. The van der Waals surface area contributed by atoms with Gasteiger partial charge in [-0.2, -0.15) is 0 Å². The molecular formula is C13H24BrNO3. The lowest BCUT2D eigenvalue weighted by molar-refractivity contribution is -0.0636. The number of likely N-dealkylation sites (tertiary alicyclic amines) is 1. The highest BCUT2D eigenvalue weighted by Gasteiger charge is 2.36. The summed E-state index contributed by atoms with van der Waals surface area (Å²) in [6, 6.07) is 0. The number of ether oxygens (including phenoxy) is 2. The number of hydrogen-bond acceptors (Lipinski definition) is 3.